The molecule has 0 amide bonds. The molecule has 0 radical (unpaired) electrons. The van der Waals surface area contributed by atoms with Crippen molar-refractivity contribution >= 4 is 11.4 Å². The molecule has 0 bridgehead atoms. The summed E-state index contributed by atoms with van der Waals surface area (Å²) >= 11 is 0. The van der Waals surface area contributed by atoms with E-state index in [1.54, 1.807) is 12.4 Å². The summed E-state index contributed by atoms with van der Waals surface area (Å²) in [5.41, 5.74) is 3.20. The molecule has 1 aromatic heterocycles. The minimum absolute atomic E-state index is 0.290. The Balaban J connectivity index is 1.89. The normalized spacial score (nSPS) is 12.7. The summed E-state index contributed by atoms with van der Waals surface area (Å²) in [5.74, 6) is 1.61. The molecule has 0 unspecified atom stereocenters. The molecule has 1 N–H and O–H groups in total. The Hall–Kier alpha value is -2.27. The number of nitrogens with one attached hydrogen (secondary N) is 1. The van der Waals surface area contributed by atoms with Gasteiger partial charge in [0.05, 0.1) is 11.9 Å². The van der Waals surface area contributed by atoms with Gasteiger partial charge in [-0.25, -0.2) is 0 Å². The van der Waals surface area contributed by atoms with Crippen molar-refractivity contribution in [1.82, 2.24) is 9.88 Å². The minimum atomic E-state index is 0.290. The van der Waals surface area contributed by atoms with Gasteiger partial charge in [-0.1, -0.05) is 0 Å². The highest BCUT2D eigenvalue weighted by molar-refractivity contribution is 5.67. The molecule has 21 heavy (non-hydrogen) atoms. The fraction of sp³-hybridized carbons (Fsp3) is 0.312. The van der Waals surface area contributed by atoms with Crippen LogP contribution in [0.1, 0.15) is 5.56 Å². The first-order valence-corrected chi connectivity index (χ1v) is 6.96. The van der Waals surface area contributed by atoms with E-state index in [1.807, 2.05) is 18.2 Å². The molecule has 1 aliphatic heterocycles. The molecule has 0 aliphatic carbocycles. The molecule has 1 aromatic carbocycles. The third-order valence-corrected chi connectivity index (χ3v) is 3.37. The third-order valence-electron chi connectivity index (χ3n) is 3.37. The lowest BCUT2D eigenvalue weighted by molar-refractivity contribution is 0.174. The van der Waals surface area contributed by atoms with Crippen molar-refractivity contribution in [3.63, 3.8) is 0 Å². The van der Waals surface area contributed by atoms with E-state index in [2.05, 4.69) is 35.4 Å². The summed E-state index contributed by atoms with van der Waals surface area (Å²) in [5, 5.41) is 3.41. The molecule has 0 spiro atoms. The fourth-order valence-electron chi connectivity index (χ4n) is 2.24. The number of ether oxygens (including phenoxy) is 2. The second-order valence-electron chi connectivity index (χ2n) is 5.28. The van der Waals surface area contributed by atoms with Gasteiger partial charge in [-0.05, 0) is 44.3 Å². The number of anilines is 2. The summed E-state index contributed by atoms with van der Waals surface area (Å²) in [6, 6.07) is 7.97. The number of benzene rings is 1. The summed E-state index contributed by atoms with van der Waals surface area (Å²) in [6.07, 6.45) is 4.50. The van der Waals surface area contributed by atoms with Crippen molar-refractivity contribution < 1.29 is 9.47 Å². The number of likely N-dealkylation sites (N-methyl/N-ethyl adjacent to an activating group) is 1. The number of aromatic nitrogens is 1. The largest absolute Gasteiger partial charge is 0.454 e. The number of hydrogen-bond donors (Lipinski definition) is 1. The number of rotatable bonds is 5. The van der Waals surface area contributed by atoms with Gasteiger partial charge in [-0.2, -0.15) is 0 Å². The van der Waals surface area contributed by atoms with Crippen LogP contribution in [0, 0.1) is 0 Å². The monoisotopic (exact) mass is 285 g/mol. The van der Waals surface area contributed by atoms with Crippen LogP contribution in [0.5, 0.6) is 11.5 Å². The molecule has 0 atom stereocenters. The van der Waals surface area contributed by atoms with Crippen LogP contribution in [0.25, 0.3) is 0 Å². The average Bonchev–Trinajstić information content (AvgIpc) is 2.93. The van der Waals surface area contributed by atoms with Crippen LogP contribution >= 0.6 is 0 Å². The predicted molar refractivity (Wildman–Crippen MR) is 82.3 cm³/mol. The van der Waals surface area contributed by atoms with Crippen molar-refractivity contribution in [3.05, 3.63) is 42.2 Å². The zero-order valence-electron chi connectivity index (χ0n) is 12.3. The molecule has 1 aliphatic rings. The van der Waals surface area contributed by atoms with Gasteiger partial charge in [0.25, 0.3) is 0 Å². The molecule has 0 fully saturated rings. The number of fused-ring (bicyclic) bond motifs is 1. The van der Waals surface area contributed by atoms with Crippen LogP contribution in [-0.4, -0.2) is 37.3 Å². The Morgan fingerprint density at radius 3 is 2.76 bits per heavy atom. The predicted octanol–water partition coefficient (Wildman–Crippen LogP) is 2.66. The quantitative estimate of drug-likeness (QED) is 0.915. The lowest BCUT2D eigenvalue weighted by Gasteiger charge is -2.15. The molecule has 0 saturated carbocycles. The van der Waals surface area contributed by atoms with E-state index in [0.29, 0.717) is 6.79 Å². The van der Waals surface area contributed by atoms with E-state index >= 15 is 0 Å². The van der Waals surface area contributed by atoms with Crippen LogP contribution in [0.3, 0.4) is 0 Å². The maximum absolute atomic E-state index is 5.48. The van der Waals surface area contributed by atoms with Gasteiger partial charge in [0.2, 0.25) is 6.79 Å². The van der Waals surface area contributed by atoms with Gasteiger partial charge >= 0.3 is 0 Å². The topological polar surface area (TPSA) is 46.6 Å². The second kappa shape index (κ2) is 6.01. The molecule has 5 nitrogen and oxygen atoms in total. The van der Waals surface area contributed by atoms with Gasteiger partial charge in [0.15, 0.2) is 11.5 Å². The first-order chi connectivity index (χ1) is 10.2. The highest BCUT2D eigenvalue weighted by Gasteiger charge is 2.17. The maximum atomic E-state index is 5.48. The standard InChI is InChI=1S/C16H19N3O2/c1-19(2)7-5-12-8-15-16(21-11-20-15)9-14(12)18-13-4-3-6-17-10-13/h3-4,6,8-10,18H,5,7,11H2,1-2H3. The zero-order chi connectivity index (χ0) is 14.7. The Bertz CT molecular complexity index is 614. The Kier molecular flexibility index (Phi) is 3.92. The highest BCUT2D eigenvalue weighted by atomic mass is 16.7. The minimum Gasteiger partial charge on any atom is -0.454 e. The van der Waals surface area contributed by atoms with Crippen molar-refractivity contribution in [3.8, 4) is 11.5 Å². The SMILES string of the molecule is CN(C)CCc1cc2c(cc1Nc1cccnc1)OCO2. The third kappa shape index (κ3) is 3.25. The molecule has 2 aromatic rings. The van der Waals surface area contributed by atoms with Crippen LogP contribution in [0.15, 0.2) is 36.7 Å². The molecule has 5 heteroatoms. The van der Waals surface area contributed by atoms with E-state index in [1.165, 1.54) is 5.56 Å². The zero-order valence-corrected chi connectivity index (χ0v) is 12.3. The second-order valence-corrected chi connectivity index (χ2v) is 5.28. The molecule has 110 valence electrons. The highest BCUT2D eigenvalue weighted by Crippen LogP contribution is 2.38. The molecular weight excluding hydrogens is 266 g/mol. The van der Waals surface area contributed by atoms with Crippen LogP contribution in [0.4, 0.5) is 11.4 Å². The van der Waals surface area contributed by atoms with Gasteiger partial charge in [0, 0.05) is 24.5 Å². The van der Waals surface area contributed by atoms with Crippen LogP contribution in [0.2, 0.25) is 0 Å². The van der Waals surface area contributed by atoms with Crippen molar-refractivity contribution in [2.24, 2.45) is 0 Å². The van der Waals surface area contributed by atoms with E-state index in [0.717, 1.165) is 35.8 Å². The van der Waals surface area contributed by atoms with E-state index in [4.69, 9.17) is 9.47 Å². The summed E-state index contributed by atoms with van der Waals surface area (Å²) in [7, 11) is 4.14. The molecule has 2 heterocycles. The lowest BCUT2D eigenvalue weighted by atomic mass is 10.1. The van der Waals surface area contributed by atoms with Gasteiger partial charge in [-0.15, -0.1) is 0 Å². The average molecular weight is 285 g/mol. The van der Waals surface area contributed by atoms with E-state index < -0.39 is 0 Å². The van der Waals surface area contributed by atoms with Crippen LogP contribution < -0.4 is 14.8 Å². The lowest BCUT2D eigenvalue weighted by Crippen LogP contribution is -2.15. The van der Waals surface area contributed by atoms with Gasteiger partial charge in [0.1, 0.15) is 0 Å². The Labute approximate surface area is 124 Å². The van der Waals surface area contributed by atoms with E-state index in [9.17, 15) is 0 Å². The maximum Gasteiger partial charge on any atom is 0.231 e. The smallest absolute Gasteiger partial charge is 0.231 e. The van der Waals surface area contributed by atoms with Crippen molar-refractivity contribution in [2.75, 3.05) is 32.7 Å². The first kappa shape index (κ1) is 13.7. The van der Waals surface area contributed by atoms with Gasteiger partial charge < -0.3 is 19.7 Å². The summed E-state index contributed by atoms with van der Waals surface area (Å²) < 4.78 is 10.9. The number of pyridine rings is 1. The van der Waals surface area contributed by atoms with Crippen molar-refractivity contribution in [2.45, 2.75) is 6.42 Å². The fourth-order valence-corrected chi connectivity index (χ4v) is 2.24. The first-order valence-electron chi connectivity index (χ1n) is 6.96. The molecular formula is C16H19N3O2. The molecule has 0 saturated heterocycles. The summed E-state index contributed by atoms with van der Waals surface area (Å²) in [6.45, 7) is 1.26. The Morgan fingerprint density at radius 2 is 2.05 bits per heavy atom. The molecule has 3 rings (SSSR count). The van der Waals surface area contributed by atoms with Gasteiger partial charge in [-0.3, -0.25) is 4.98 Å². The summed E-state index contributed by atoms with van der Waals surface area (Å²) in [4.78, 5) is 6.30. The number of hydrogen-bond acceptors (Lipinski definition) is 5. The van der Waals surface area contributed by atoms with Crippen molar-refractivity contribution in [1.29, 1.82) is 0 Å². The number of nitrogens with zero attached hydrogens (tertiary/aromatic N) is 2. The van der Waals surface area contributed by atoms with E-state index in [-0.39, 0.29) is 0 Å². The Morgan fingerprint density at radius 1 is 1.24 bits per heavy atom. The van der Waals surface area contributed by atoms with Crippen LogP contribution in [-0.2, 0) is 6.42 Å².